The topological polar surface area (TPSA) is 63.0 Å². The fraction of sp³-hybridized carbons (Fsp3) is 0.333. The fourth-order valence-electron chi connectivity index (χ4n) is 2.80. The lowest BCUT2D eigenvalue weighted by atomic mass is 10.2. The Kier molecular flexibility index (Phi) is 5.28. The van der Waals surface area contributed by atoms with E-state index in [1.54, 1.807) is 11.8 Å². The van der Waals surface area contributed by atoms with Gasteiger partial charge in [-0.15, -0.1) is 0 Å². The summed E-state index contributed by atoms with van der Waals surface area (Å²) in [4.78, 5) is 28.0. The normalized spacial score (nSPS) is 14.5. The van der Waals surface area contributed by atoms with Gasteiger partial charge in [0.25, 0.3) is 5.91 Å². The summed E-state index contributed by atoms with van der Waals surface area (Å²) in [6.07, 6.45) is 1.42. The van der Waals surface area contributed by atoms with E-state index in [1.165, 1.54) is 12.3 Å². The van der Waals surface area contributed by atoms with Gasteiger partial charge >= 0.3 is 5.97 Å². The van der Waals surface area contributed by atoms with E-state index in [9.17, 15) is 9.59 Å². The Hall–Kier alpha value is -2.47. The molecule has 0 unspecified atom stereocenters. The number of anilines is 1. The van der Waals surface area contributed by atoms with Crippen LogP contribution in [-0.4, -0.2) is 49.6 Å². The molecule has 0 aliphatic carbocycles. The van der Waals surface area contributed by atoms with Gasteiger partial charge in [-0.05, 0) is 25.1 Å². The first-order chi connectivity index (χ1) is 12.1. The van der Waals surface area contributed by atoms with Crippen molar-refractivity contribution >= 4 is 29.2 Å². The molecule has 0 radical (unpaired) electrons. The van der Waals surface area contributed by atoms with Crippen molar-refractivity contribution in [1.82, 2.24) is 4.90 Å². The van der Waals surface area contributed by atoms with E-state index in [-0.39, 0.29) is 12.5 Å². The van der Waals surface area contributed by atoms with Crippen LogP contribution in [0.4, 0.5) is 5.69 Å². The highest BCUT2D eigenvalue weighted by Gasteiger charge is 2.23. The highest BCUT2D eigenvalue weighted by molar-refractivity contribution is 6.33. The summed E-state index contributed by atoms with van der Waals surface area (Å²) >= 11 is 6.22. The molecule has 1 fully saturated rings. The molecule has 0 bridgehead atoms. The number of hydrogen-bond acceptors (Lipinski definition) is 5. The minimum absolute atomic E-state index is 0.201. The second kappa shape index (κ2) is 7.61. The van der Waals surface area contributed by atoms with Crippen molar-refractivity contribution < 1.29 is 18.7 Å². The number of carbonyl (C=O) groups is 2. The smallest absolute Gasteiger partial charge is 0.342 e. The number of benzene rings is 1. The van der Waals surface area contributed by atoms with Gasteiger partial charge in [-0.2, -0.15) is 0 Å². The molecule has 0 saturated carbocycles. The molecule has 1 aliphatic rings. The first kappa shape index (κ1) is 17.4. The quantitative estimate of drug-likeness (QED) is 0.782. The third-order valence-electron chi connectivity index (χ3n) is 4.23. The number of furan rings is 1. The minimum Gasteiger partial charge on any atom is -0.469 e. The van der Waals surface area contributed by atoms with E-state index in [4.69, 9.17) is 20.8 Å². The molecule has 0 spiro atoms. The zero-order valence-corrected chi connectivity index (χ0v) is 14.7. The number of para-hydroxylation sites is 1. The summed E-state index contributed by atoms with van der Waals surface area (Å²) in [6.45, 7) is 3.90. The summed E-state index contributed by atoms with van der Waals surface area (Å²) in [7, 11) is 0. The van der Waals surface area contributed by atoms with Crippen molar-refractivity contribution in [3.63, 3.8) is 0 Å². The molecule has 1 aromatic carbocycles. The second-order valence-electron chi connectivity index (χ2n) is 5.79. The van der Waals surface area contributed by atoms with Gasteiger partial charge in [0.1, 0.15) is 11.3 Å². The van der Waals surface area contributed by atoms with Crippen LogP contribution in [-0.2, 0) is 9.53 Å². The molecule has 7 heteroatoms. The van der Waals surface area contributed by atoms with Crippen LogP contribution >= 0.6 is 11.6 Å². The molecule has 6 nitrogen and oxygen atoms in total. The standard InChI is InChI=1S/C18H19ClN2O4/c1-13-14(6-11-24-13)18(23)25-12-17(22)21-9-7-20(8-10-21)16-5-3-2-4-15(16)19/h2-6,11H,7-10,12H2,1H3. The van der Waals surface area contributed by atoms with Crippen molar-refractivity contribution in [2.45, 2.75) is 6.92 Å². The van der Waals surface area contributed by atoms with Crippen molar-refractivity contribution in [1.29, 1.82) is 0 Å². The van der Waals surface area contributed by atoms with Crippen LogP contribution in [0.15, 0.2) is 41.0 Å². The summed E-state index contributed by atoms with van der Waals surface area (Å²) in [5.41, 5.74) is 1.31. The minimum atomic E-state index is -0.547. The van der Waals surface area contributed by atoms with Gasteiger partial charge in [-0.1, -0.05) is 23.7 Å². The van der Waals surface area contributed by atoms with Gasteiger partial charge in [0.05, 0.1) is 17.0 Å². The van der Waals surface area contributed by atoms with E-state index in [2.05, 4.69) is 4.90 Å². The maximum absolute atomic E-state index is 12.2. The second-order valence-corrected chi connectivity index (χ2v) is 6.19. The molecule has 0 atom stereocenters. The monoisotopic (exact) mass is 362 g/mol. The molecule has 1 aliphatic heterocycles. The molecule has 132 valence electrons. The Bertz CT molecular complexity index is 766. The average Bonchev–Trinajstić information content (AvgIpc) is 3.06. The largest absolute Gasteiger partial charge is 0.469 e. The van der Waals surface area contributed by atoms with Crippen LogP contribution in [0.25, 0.3) is 0 Å². The SMILES string of the molecule is Cc1occc1C(=O)OCC(=O)N1CCN(c2ccccc2Cl)CC1. The van der Waals surface area contributed by atoms with Crippen LogP contribution < -0.4 is 4.90 Å². The maximum atomic E-state index is 12.2. The molecule has 1 aromatic heterocycles. The van der Waals surface area contributed by atoms with Gasteiger partial charge in [0, 0.05) is 26.2 Å². The molecular formula is C18H19ClN2O4. The van der Waals surface area contributed by atoms with Crippen LogP contribution in [0.2, 0.25) is 5.02 Å². The zero-order valence-electron chi connectivity index (χ0n) is 13.9. The lowest BCUT2D eigenvalue weighted by molar-refractivity contribution is -0.134. The van der Waals surface area contributed by atoms with E-state index in [1.807, 2.05) is 24.3 Å². The number of carbonyl (C=O) groups excluding carboxylic acids is 2. The highest BCUT2D eigenvalue weighted by atomic mass is 35.5. The molecule has 2 heterocycles. The van der Waals surface area contributed by atoms with Crippen LogP contribution in [0.5, 0.6) is 0 Å². The fourth-order valence-corrected chi connectivity index (χ4v) is 3.05. The van der Waals surface area contributed by atoms with E-state index in [0.29, 0.717) is 42.5 Å². The molecule has 25 heavy (non-hydrogen) atoms. The summed E-state index contributed by atoms with van der Waals surface area (Å²) in [5, 5.41) is 0.701. The molecular weight excluding hydrogens is 344 g/mol. The first-order valence-electron chi connectivity index (χ1n) is 8.04. The predicted octanol–water partition coefficient (Wildman–Crippen LogP) is 2.75. The number of piperazine rings is 1. The Morgan fingerprint density at radius 2 is 1.88 bits per heavy atom. The molecule has 1 saturated heterocycles. The highest BCUT2D eigenvalue weighted by Crippen LogP contribution is 2.26. The molecule has 0 N–H and O–H groups in total. The molecule has 3 rings (SSSR count). The number of ether oxygens (including phenoxy) is 1. The maximum Gasteiger partial charge on any atom is 0.342 e. The Labute approximate surface area is 150 Å². The Morgan fingerprint density at radius 1 is 1.16 bits per heavy atom. The summed E-state index contributed by atoms with van der Waals surface area (Å²) in [6, 6.07) is 9.18. The average molecular weight is 363 g/mol. The number of esters is 1. The van der Waals surface area contributed by atoms with E-state index in [0.717, 1.165) is 5.69 Å². The third kappa shape index (κ3) is 3.96. The molecule has 2 aromatic rings. The number of rotatable bonds is 4. The third-order valence-corrected chi connectivity index (χ3v) is 4.55. The van der Waals surface area contributed by atoms with E-state index < -0.39 is 5.97 Å². The first-order valence-corrected chi connectivity index (χ1v) is 8.42. The van der Waals surface area contributed by atoms with Crippen molar-refractivity contribution in [3.8, 4) is 0 Å². The van der Waals surface area contributed by atoms with Crippen molar-refractivity contribution in [2.75, 3.05) is 37.7 Å². The number of amides is 1. The number of hydrogen-bond donors (Lipinski definition) is 0. The van der Waals surface area contributed by atoms with Crippen LogP contribution in [0.1, 0.15) is 16.1 Å². The zero-order chi connectivity index (χ0) is 17.8. The summed E-state index contributed by atoms with van der Waals surface area (Å²) in [5.74, 6) is -0.270. The number of nitrogens with zero attached hydrogens (tertiary/aromatic N) is 2. The van der Waals surface area contributed by atoms with Crippen molar-refractivity contribution in [3.05, 3.63) is 52.9 Å². The lowest BCUT2D eigenvalue weighted by Gasteiger charge is -2.36. The van der Waals surface area contributed by atoms with Crippen molar-refractivity contribution in [2.24, 2.45) is 0 Å². The van der Waals surface area contributed by atoms with Crippen LogP contribution in [0.3, 0.4) is 0 Å². The Morgan fingerprint density at radius 3 is 2.52 bits per heavy atom. The van der Waals surface area contributed by atoms with Gasteiger partial charge < -0.3 is 19.0 Å². The van der Waals surface area contributed by atoms with Gasteiger partial charge in [-0.3, -0.25) is 4.79 Å². The van der Waals surface area contributed by atoms with Crippen LogP contribution in [0, 0.1) is 6.92 Å². The van der Waals surface area contributed by atoms with Gasteiger partial charge in [-0.25, -0.2) is 4.79 Å². The predicted molar refractivity (Wildman–Crippen MR) is 94.0 cm³/mol. The lowest BCUT2D eigenvalue weighted by Crippen LogP contribution is -2.50. The van der Waals surface area contributed by atoms with Gasteiger partial charge in [0.2, 0.25) is 0 Å². The number of halogens is 1. The number of aryl methyl sites for hydroxylation is 1. The molecule has 1 amide bonds. The van der Waals surface area contributed by atoms with E-state index >= 15 is 0 Å². The van der Waals surface area contributed by atoms with Gasteiger partial charge in [0.15, 0.2) is 6.61 Å². The Balaban J connectivity index is 1.49. The summed E-state index contributed by atoms with van der Waals surface area (Å²) < 4.78 is 10.1.